The van der Waals surface area contributed by atoms with E-state index in [4.69, 9.17) is 9.72 Å². The maximum Gasteiger partial charge on any atom is 0.253 e. The van der Waals surface area contributed by atoms with Gasteiger partial charge in [0.15, 0.2) is 17.4 Å². The Morgan fingerprint density at radius 2 is 2.00 bits per heavy atom. The minimum Gasteiger partial charge on any atom is -0.493 e. The molecular weight excluding hydrogens is 432 g/mol. The molecule has 2 aliphatic carbocycles. The summed E-state index contributed by atoms with van der Waals surface area (Å²) in [6, 6.07) is 1.86. The number of anilines is 4. The fourth-order valence-corrected chi connectivity index (χ4v) is 6.13. The highest BCUT2D eigenvalue weighted by Gasteiger charge is 2.61. The third-order valence-electron chi connectivity index (χ3n) is 7.78. The van der Waals surface area contributed by atoms with Crippen molar-refractivity contribution in [3.8, 4) is 11.6 Å². The van der Waals surface area contributed by atoms with Crippen LogP contribution in [-0.2, 0) is 4.79 Å². The monoisotopic (exact) mass is 460 g/mol. The van der Waals surface area contributed by atoms with Gasteiger partial charge in [0, 0.05) is 26.4 Å². The summed E-state index contributed by atoms with van der Waals surface area (Å²) >= 11 is 0. The molecule has 3 unspecified atom stereocenters. The van der Waals surface area contributed by atoms with Crippen LogP contribution < -0.4 is 19.9 Å². The number of aromatic nitrogens is 5. The van der Waals surface area contributed by atoms with Crippen LogP contribution in [0.5, 0.6) is 5.75 Å². The molecule has 34 heavy (non-hydrogen) atoms. The summed E-state index contributed by atoms with van der Waals surface area (Å²) in [5.74, 6) is 3.64. The third kappa shape index (κ3) is 2.90. The Bertz CT molecular complexity index is 1290. The van der Waals surface area contributed by atoms with E-state index in [0.29, 0.717) is 35.0 Å². The lowest BCUT2D eigenvalue weighted by atomic mass is 9.77. The lowest BCUT2D eigenvalue weighted by molar-refractivity contribution is -0.125. The number of rotatable bonds is 4. The Labute approximate surface area is 198 Å². The number of carbonyl (C=O) groups is 1. The van der Waals surface area contributed by atoms with Gasteiger partial charge in [0.1, 0.15) is 17.6 Å². The standard InChI is InChI=1S/C24H28N8O2/c1-14-12-32(13-27-14)21-19(34-4)8-17(10-25-21)28-23-26-11-18-20(29-23)31(3)24(22(33)30(18)2)9-15-5-6-16(24)7-15/h8,10-13,15-16H,5-7,9H2,1-4H3,(H,26,28,29). The van der Waals surface area contributed by atoms with E-state index in [9.17, 15) is 4.79 Å². The average molecular weight is 461 g/mol. The van der Waals surface area contributed by atoms with Crippen molar-refractivity contribution in [3.05, 3.63) is 36.7 Å². The van der Waals surface area contributed by atoms with Gasteiger partial charge in [-0.3, -0.25) is 9.36 Å². The van der Waals surface area contributed by atoms with Crippen LogP contribution >= 0.6 is 0 Å². The molecule has 1 amide bonds. The summed E-state index contributed by atoms with van der Waals surface area (Å²) in [7, 11) is 5.46. The summed E-state index contributed by atoms with van der Waals surface area (Å²) in [4.78, 5) is 35.5. The first-order chi connectivity index (χ1) is 16.4. The Morgan fingerprint density at radius 1 is 1.15 bits per heavy atom. The maximum atomic E-state index is 13.5. The first kappa shape index (κ1) is 20.9. The smallest absolute Gasteiger partial charge is 0.253 e. The van der Waals surface area contributed by atoms with Crippen molar-refractivity contribution >= 4 is 29.0 Å². The number of ether oxygens (including phenoxy) is 1. The molecule has 1 N–H and O–H groups in total. The van der Waals surface area contributed by atoms with Crippen molar-refractivity contribution < 1.29 is 9.53 Å². The van der Waals surface area contributed by atoms with Gasteiger partial charge in [-0.1, -0.05) is 0 Å². The number of likely N-dealkylation sites (N-methyl/N-ethyl adjacent to an activating group) is 2. The molecule has 3 aromatic rings. The first-order valence-corrected chi connectivity index (χ1v) is 11.6. The number of nitrogens with zero attached hydrogens (tertiary/aromatic N) is 7. The number of methoxy groups -OCH3 is 1. The number of amides is 1. The van der Waals surface area contributed by atoms with E-state index >= 15 is 0 Å². The zero-order valence-electron chi connectivity index (χ0n) is 19.8. The fraction of sp³-hybridized carbons (Fsp3) is 0.458. The van der Waals surface area contributed by atoms with Crippen LogP contribution in [0.3, 0.4) is 0 Å². The van der Waals surface area contributed by atoms with Crippen LogP contribution in [0.2, 0.25) is 0 Å². The second kappa shape index (κ2) is 7.41. The summed E-state index contributed by atoms with van der Waals surface area (Å²) in [6.45, 7) is 1.93. The Balaban J connectivity index is 1.32. The second-order valence-electron chi connectivity index (χ2n) is 9.63. The molecule has 10 nitrogen and oxygen atoms in total. The van der Waals surface area contributed by atoms with Gasteiger partial charge >= 0.3 is 0 Å². The normalized spacial score (nSPS) is 25.2. The van der Waals surface area contributed by atoms with Crippen LogP contribution in [0.4, 0.5) is 23.1 Å². The quantitative estimate of drug-likeness (QED) is 0.634. The molecule has 176 valence electrons. The van der Waals surface area contributed by atoms with Crippen molar-refractivity contribution in [1.82, 2.24) is 24.5 Å². The van der Waals surface area contributed by atoms with Crippen LogP contribution in [-0.4, -0.2) is 57.2 Å². The molecule has 3 aliphatic rings. The molecule has 4 heterocycles. The zero-order chi connectivity index (χ0) is 23.6. The van der Waals surface area contributed by atoms with Gasteiger partial charge in [0.2, 0.25) is 5.95 Å². The highest BCUT2D eigenvalue weighted by molar-refractivity contribution is 6.08. The van der Waals surface area contributed by atoms with E-state index in [0.717, 1.165) is 36.5 Å². The molecule has 2 bridgehead atoms. The lowest BCUT2D eigenvalue weighted by Gasteiger charge is -2.50. The molecule has 1 spiro atoms. The predicted octanol–water partition coefficient (Wildman–Crippen LogP) is 3.09. The average Bonchev–Trinajstić information content (AvgIpc) is 3.58. The highest BCUT2D eigenvalue weighted by Crippen LogP contribution is 2.57. The van der Waals surface area contributed by atoms with Crippen LogP contribution in [0, 0.1) is 18.8 Å². The van der Waals surface area contributed by atoms with Gasteiger partial charge in [-0.25, -0.2) is 15.0 Å². The van der Waals surface area contributed by atoms with E-state index in [1.165, 1.54) is 6.42 Å². The van der Waals surface area contributed by atoms with Gasteiger partial charge in [0.25, 0.3) is 5.91 Å². The molecule has 2 saturated carbocycles. The molecule has 6 rings (SSSR count). The van der Waals surface area contributed by atoms with E-state index in [-0.39, 0.29) is 5.91 Å². The van der Waals surface area contributed by atoms with Crippen LogP contribution in [0.1, 0.15) is 31.4 Å². The molecule has 3 atom stereocenters. The van der Waals surface area contributed by atoms with Gasteiger partial charge in [-0.15, -0.1) is 0 Å². The van der Waals surface area contributed by atoms with Crippen LogP contribution in [0.15, 0.2) is 31.0 Å². The number of fused-ring (bicyclic) bond motifs is 4. The Morgan fingerprint density at radius 3 is 2.68 bits per heavy atom. The largest absolute Gasteiger partial charge is 0.493 e. The minimum absolute atomic E-state index is 0.165. The van der Waals surface area contributed by atoms with E-state index in [1.807, 2.05) is 37.8 Å². The Hall–Kier alpha value is -3.69. The number of carbonyl (C=O) groups excluding carboxylic acids is 1. The molecule has 0 saturated heterocycles. The third-order valence-corrected chi connectivity index (χ3v) is 7.78. The van der Waals surface area contributed by atoms with Gasteiger partial charge in [-0.2, -0.15) is 4.98 Å². The Kier molecular flexibility index (Phi) is 4.55. The molecule has 0 aromatic carbocycles. The lowest BCUT2D eigenvalue weighted by Crippen LogP contribution is -2.64. The van der Waals surface area contributed by atoms with Crippen molar-refractivity contribution in [1.29, 1.82) is 0 Å². The summed E-state index contributed by atoms with van der Waals surface area (Å²) in [6.07, 6.45) is 11.4. The predicted molar refractivity (Wildman–Crippen MR) is 128 cm³/mol. The van der Waals surface area contributed by atoms with E-state index in [2.05, 4.69) is 25.2 Å². The topological polar surface area (TPSA) is 101 Å². The first-order valence-electron chi connectivity index (χ1n) is 11.6. The zero-order valence-corrected chi connectivity index (χ0v) is 19.8. The number of imidazole rings is 1. The number of nitrogens with one attached hydrogen (secondary N) is 1. The SMILES string of the molecule is COc1cc(Nc2ncc3c(n2)N(C)C2(CC4CCC2C4)C(=O)N3C)cnc1-n1cnc(C)c1. The van der Waals surface area contributed by atoms with Gasteiger partial charge < -0.3 is 19.9 Å². The maximum absolute atomic E-state index is 13.5. The number of hydrogen-bond acceptors (Lipinski definition) is 8. The number of pyridine rings is 1. The highest BCUT2D eigenvalue weighted by atomic mass is 16.5. The van der Waals surface area contributed by atoms with Crippen molar-refractivity contribution in [2.24, 2.45) is 11.8 Å². The molecule has 10 heteroatoms. The van der Waals surface area contributed by atoms with Gasteiger partial charge in [-0.05, 0) is 44.4 Å². The summed E-state index contributed by atoms with van der Waals surface area (Å²) in [5.41, 5.74) is 1.84. The molecule has 3 aromatic heterocycles. The molecule has 0 radical (unpaired) electrons. The summed E-state index contributed by atoms with van der Waals surface area (Å²) < 4.78 is 7.39. The van der Waals surface area contributed by atoms with Crippen LogP contribution in [0.25, 0.3) is 5.82 Å². The molecule has 1 aliphatic heterocycles. The minimum atomic E-state index is -0.494. The van der Waals surface area contributed by atoms with Crippen molar-refractivity contribution in [2.45, 2.75) is 38.1 Å². The molecular formula is C24H28N8O2. The van der Waals surface area contributed by atoms with Gasteiger partial charge in [0.05, 0.1) is 30.9 Å². The van der Waals surface area contributed by atoms with Crippen molar-refractivity contribution in [3.63, 3.8) is 0 Å². The van der Waals surface area contributed by atoms with E-state index in [1.54, 1.807) is 30.7 Å². The van der Waals surface area contributed by atoms with E-state index < -0.39 is 5.54 Å². The molecule has 2 fully saturated rings. The number of hydrogen-bond donors (Lipinski definition) is 1. The van der Waals surface area contributed by atoms with Crippen molar-refractivity contribution in [2.75, 3.05) is 36.3 Å². The number of aryl methyl sites for hydroxylation is 1. The summed E-state index contributed by atoms with van der Waals surface area (Å²) in [5, 5.41) is 3.25. The fourth-order valence-electron chi connectivity index (χ4n) is 6.13. The second-order valence-corrected chi connectivity index (χ2v) is 9.63.